The van der Waals surface area contributed by atoms with Gasteiger partial charge in [0.1, 0.15) is 11.5 Å². The molecule has 0 aliphatic heterocycles. The Kier molecular flexibility index (Phi) is 4.90. The molecule has 0 fully saturated rings. The van der Waals surface area contributed by atoms with Crippen LogP contribution in [0.2, 0.25) is 0 Å². The highest BCUT2D eigenvalue weighted by Crippen LogP contribution is 2.13. The molecule has 2 aromatic rings. The van der Waals surface area contributed by atoms with Gasteiger partial charge >= 0.3 is 0 Å². The Hall–Kier alpha value is -1.19. The zero-order valence-corrected chi connectivity index (χ0v) is 11.7. The SMILES string of the molecule is CSCc1ccc(CNCc2ccc(C)cc2)o1. The maximum absolute atomic E-state index is 5.70. The highest BCUT2D eigenvalue weighted by molar-refractivity contribution is 7.97. The van der Waals surface area contributed by atoms with E-state index in [1.165, 1.54) is 11.1 Å². The number of hydrogen-bond donors (Lipinski definition) is 1. The summed E-state index contributed by atoms with van der Waals surface area (Å²) in [5.74, 6) is 3.00. The molecule has 2 nitrogen and oxygen atoms in total. The van der Waals surface area contributed by atoms with Crippen molar-refractivity contribution in [2.45, 2.75) is 25.8 Å². The van der Waals surface area contributed by atoms with Gasteiger partial charge in [0.05, 0.1) is 12.3 Å². The summed E-state index contributed by atoms with van der Waals surface area (Å²) >= 11 is 1.78. The van der Waals surface area contributed by atoms with Gasteiger partial charge in [-0.3, -0.25) is 0 Å². The van der Waals surface area contributed by atoms with E-state index in [2.05, 4.69) is 48.8 Å². The van der Waals surface area contributed by atoms with E-state index >= 15 is 0 Å². The Labute approximate surface area is 113 Å². The number of rotatable bonds is 6. The molecule has 3 heteroatoms. The van der Waals surface area contributed by atoms with Crippen molar-refractivity contribution in [3.8, 4) is 0 Å². The molecule has 1 aromatic carbocycles. The Morgan fingerprint density at radius 3 is 2.44 bits per heavy atom. The van der Waals surface area contributed by atoms with E-state index in [4.69, 9.17) is 4.42 Å². The first-order valence-corrected chi connectivity index (χ1v) is 7.50. The predicted molar refractivity (Wildman–Crippen MR) is 77.6 cm³/mol. The summed E-state index contributed by atoms with van der Waals surface area (Å²) < 4.78 is 5.70. The smallest absolute Gasteiger partial charge is 0.118 e. The molecule has 0 radical (unpaired) electrons. The molecule has 1 N–H and O–H groups in total. The van der Waals surface area contributed by atoms with Crippen molar-refractivity contribution in [3.05, 3.63) is 59.0 Å². The first-order chi connectivity index (χ1) is 8.78. The van der Waals surface area contributed by atoms with Gasteiger partial charge in [-0.05, 0) is 30.9 Å². The van der Waals surface area contributed by atoms with Crippen LogP contribution < -0.4 is 5.32 Å². The van der Waals surface area contributed by atoms with Crippen molar-refractivity contribution < 1.29 is 4.42 Å². The number of thioether (sulfide) groups is 1. The van der Waals surface area contributed by atoms with Gasteiger partial charge in [0.25, 0.3) is 0 Å². The molecule has 96 valence electrons. The van der Waals surface area contributed by atoms with Gasteiger partial charge in [0.2, 0.25) is 0 Å². The van der Waals surface area contributed by atoms with Gasteiger partial charge in [-0.2, -0.15) is 11.8 Å². The van der Waals surface area contributed by atoms with Crippen LogP contribution in [-0.2, 0) is 18.8 Å². The number of benzene rings is 1. The minimum absolute atomic E-state index is 0.780. The summed E-state index contributed by atoms with van der Waals surface area (Å²) in [5, 5.41) is 3.39. The largest absolute Gasteiger partial charge is 0.464 e. The van der Waals surface area contributed by atoms with Crippen LogP contribution >= 0.6 is 11.8 Å². The molecular formula is C15H19NOS. The second-order valence-electron chi connectivity index (χ2n) is 4.39. The molecule has 0 saturated carbocycles. The van der Waals surface area contributed by atoms with Gasteiger partial charge in [0.15, 0.2) is 0 Å². The van der Waals surface area contributed by atoms with Crippen molar-refractivity contribution in [1.29, 1.82) is 0 Å². The second kappa shape index (κ2) is 6.66. The number of nitrogens with one attached hydrogen (secondary N) is 1. The normalized spacial score (nSPS) is 10.8. The maximum Gasteiger partial charge on any atom is 0.118 e. The summed E-state index contributed by atoms with van der Waals surface area (Å²) in [5.41, 5.74) is 2.60. The fourth-order valence-corrected chi connectivity index (χ4v) is 2.21. The van der Waals surface area contributed by atoms with Crippen LogP contribution in [-0.4, -0.2) is 6.26 Å². The summed E-state index contributed by atoms with van der Waals surface area (Å²) in [7, 11) is 0. The number of aryl methyl sites for hydroxylation is 1. The van der Waals surface area contributed by atoms with Crippen LogP contribution in [0, 0.1) is 6.92 Å². The molecule has 18 heavy (non-hydrogen) atoms. The average molecular weight is 261 g/mol. The Morgan fingerprint density at radius 2 is 1.72 bits per heavy atom. The molecule has 0 unspecified atom stereocenters. The summed E-state index contributed by atoms with van der Waals surface area (Å²) in [6, 6.07) is 12.7. The lowest BCUT2D eigenvalue weighted by Crippen LogP contribution is -2.11. The van der Waals surface area contributed by atoms with Crippen molar-refractivity contribution in [1.82, 2.24) is 5.32 Å². The van der Waals surface area contributed by atoms with E-state index in [9.17, 15) is 0 Å². The van der Waals surface area contributed by atoms with Crippen molar-refractivity contribution >= 4 is 11.8 Å². The number of hydrogen-bond acceptors (Lipinski definition) is 3. The van der Waals surface area contributed by atoms with Gasteiger partial charge in [0, 0.05) is 6.54 Å². The van der Waals surface area contributed by atoms with Crippen LogP contribution in [0.4, 0.5) is 0 Å². The summed E-state index contributed by atoms with van der Waals surface area (Å²) in [4.78, 5) is 0. The second-order valence-corrected chi connectivity index (χ2v) is 5.26. The quantitative estimate of drug-likeness (QED) is 0.857. The highest BCUT2D eigenvalue weighted by atomic mass is 32.2. The average Bonchev–Trinajstić information content (AvgIpc) is 2.80. The molecule has 0 atom stereocenters. The Balaban J connectivity index is 1.79. The lowest BCUT2D eigenvalue weighted by molar-refractivity contribution is 0.459. The Morgan fingerprint density at radius 1 is 1.00 bits per heavy atom. The van der Waals surface area contributed by atoms with Crippen molar-refractivity contribution in [2.75, 3.05) is 6.26 Å². The number of furan rings is 1. The van der Waals surface area contributed by atoms with Gasteiger partial charge in [-0.25, -0.2) is 0 Å². The predicted octanol–water partition coefficient (Wildman–Crippen LogP) is 3.74. The fourth-order valence-electron chi connectivity index (χ4n) is 1.77. The molecule has 0 spiro atoms. The van der Waals surface area contributed by atoms with Crippen LogP contribution in [0.25, 0.3) is 0 Å². The van der Waals surface area contributed by atoms with E-state index in [0.29, 0.717) is 0 Å². The zero-order chi connectivity index (χ0) is 12.8. The van der Waals surface area contributed by atoms with E-state index in [0.717, 1.165) is 30.4 Å². The summed E-state index contributed by atoms with van der Waals surface area (Å²) in [6.07, 6.45) is 2.08. The van der Waals surface area contributed by atoms with Crippen LogP contribution in [0.1, 0.15) is 22.6 Å². The topological polar surface area (TPSA) is 25.2 Å². The van der Waals surface area contributed by atoms with E-state index in [1.807, 2.05) is 6.07 Å². The standard InChI is InChI=1S/C15H19NOS/c1-12-3-5-13(6-4-12)9-16-10-14-7-8-15(17-14)11-18-2/h3-8,16H,9-11H2,1-2H3. The molecule has 2 rings (SSSR count). The van der Waals surface area contributed by atoms with E-state index in [-0.39, 0.29) is 0 Å². The molecule has 0 saturated heterocycles. The lowest BCUT2D eigenvalue weighted by atomic mass is 10.1. The molecule has 0 aliphatic rings. The molecule has 1 aromatic heterocycles. The third kappa shape index (κ3) is 3.93. The highest BCUT2D eigenvalue weighted by Gasteiger charge is 2.01. The minimum Gasteiger partial charge on any atom is -0.464 e. The molecular weight excluding hydrogens is 242 g/mol. The third-order valence-electron chi connectivity index (χ3n) is 2.75. The summed E-state index contributed by atoms with van der Waals surface area (Å²) in [6.45, 7) is 3.76. The lowest BCUT2D eigenvalue weighted by Gasteiger charge is -2.03. The van der Waals surface area contributed by atoms with Crippen molar-refractivity contribution in [3.63, 3.8) is 0 Å². The molecule has 0 amide bonds. The molecule has 0 aliphatic carbocycles. The van der Waals surface area contributed by atoms with E-state index < -0.39 is 0 Å². The monoisotopic (exact) mass is 261 g/mol. The first-order valence-electron chi connectivity index (χ1n) is 6.10. The van der Waals surface area contributed by atoms with E-state index in [1.54, 1.807) is 11.8 Å². The van der Waals surface area contributed by atoms with Crippen molar-refractivity contribution in [2.24, 2.45) is 0 Å². The van der Waals surface area contributed by atoms with Crippen LogP contribution in [0.15, 0.2) is 40.8 Å². The minimum atomic E-state index is 0.780. The maximum atomic E-state index is 5.70. The third-order valence-corrected chi connectivity index (χ3v) is 3.33. The van der Waals surface area contributed by atoms with Crippen LogP contribution in [0.5, 0.6) is 0 Å². The first kappa shape index (κ1) is 13.2. The van der Waals surface area contributed by atoms with Gasteiger partial charge in [-0.1, -0.05) is 29.8 Å². The fraction of sp³-hybridized carbons (Fsp3) is 0.333. The zero-order valence-electron chi connectivity index (χ0n) is 10.9. The van der Waals surface area contributed by atoms with Gasteiger partial charge in [-0.15, -0.1) is 0 Å². The molecule has 0 bridgehead atoms. The molecule has 1 heterocycles. The Bertz CT molecular complexity index is 475. The van der Waals surface area contributed by atoms with Crippen LogP contribution in [0.3, 0.4) is 0 Å². The van der Waals surface area contributed by atoms with Gasteiger partial charge < -0.3 is 9.73 Å².